The molecule has 226 valence electrons. The Hall–Kier alpha value is -2.78. The minimum absolute atomic E-state index is 0.103. The van der Waals surface area contributed by atoms with Gasteiger partial charge in [-0.05, 0) is 63.1 Å². The van der Waals surface area contributed by atoms with Crippen molar-refractivity contribution >= 4 is 44.7 Å². The average Bonchev–Trinajstić information content (AvgIpc) is 3.71. The molecule has 4 saturated heterocycles. The molecule has 8 nitrogen and oxygen atoms in total. The monoisotopic (exact) mass is 625 g/mol. The van der Waals surface area contributed by atoms with Crippen LogP contribution in [0.15, 0.2) is 6.07 Å². The Kier molecular flexibility index (Phi) is 6.71. The lowest BCUT2D eigenvalue weighted by Crippen LogP contribution is -2.51. The van der Waals surface area contributed by atoms with Crippen LogP contribution in [0.25, 0.3) is 10.9 Å². The molecule has 1 aromatic carbocycles. The van der Waals surface area contributed by atoms with Gasteiger partial charge in [0.1, 0.15) is 35.2 Å². The van der Waals surface area contributed by atoms with Crippen molar-refractivity contribution in [3.63, 3.8) is 0 Å². The summed E-state index contributed by atoms with van der Waals surface area (Å²) in [7, 11) is 0. The number of aryl methyl sites for hydroxylation is 1. The Bertz CT molecular complexity index is 1650. The molecular weight excluding hydrogens is 592 g/mol. The number of rotatable bonds is 5. The highest BCUT2D eigenvalue weighted by atomic mass is 35.5. The first-order chi connectivity index (χ1) is 20.8. The van der Waals surface area contributed by atoms with Crippen LogP contribution in [0.2, 0.25) is 5.02 Å². The van der Waals surface area contributed by atoms with Gasteiger partial charge in [0, 0.05) is 64.9 Å². The number of hydrogen-bond acceptors (Lipinski definition) is 9. The number of nitrogens with zero attached hydrogens (tertiary/aromatic N) is 5. The van der Waals surface area contributed by atoms with Crippen LogP contribution in [-0.4, -0.2) is 71.4 Å². The second kappa shape index (κ2) is 10.4. The molecule has 2 bridgehead atoms. The Morgan fingerprint density at radius 3 is 2.79 bits per heavy atom. The van der Waals surface area contributed by atoms with Gasteiger partial charge in [0.25, 0.3) is 0 Å². The topological polar surface area (TPSA) is 103 Å². The van der Waals surface area contributed by atoms with E-state index >= 15 is 4.39 Å². The number of nitriles is 1. The van der Waals surface area contributed by atoms with E-state index in [-0.39, 0.29) is 23.7 Å². The number of alkyl halides is 1. The van der Waals surface area contributed by atoms with Gasteiger partial charge in [-0.3, -0.25) is 4.90 Å². The lowest BCUT2D eigenvalue weighted by molar-refractivity contribution is 0.107. The summed E-state index contributed by atoms with van der Waals surface area (Å²) in [5.41, 5.74) is 7.56. The molecule has 4 fully saturated rings. The van der Waals surface area contributed by atoms with Crippen LogP contribution in [-0.2, 0) is 6.42 Å². The molecule has 4 aliphatic heterocycles. The molecule has 2 aromatic heterocycles. The molecule has 0 saturated carbocycles. The first-order valence-electron chi connectivity index (χ1n) is 15.4. The number of benzene rings is 1. The van der Waals surface area contributed by atoms with Crippen molar-refractivity contribution in [2.24, 2.45) is 0 Å². The number of fused-ring (bicyclic) bond motifs is 5. The van der Waals surface area contributed by atoms with Gasteiger partial charge in [-0.1, -0.05) is 11.6 Å². The number of anilines is 2. The van der Waals surface area contributed by atoms with Crippen molar-refractivity contribution in [1.82, 2.24) is 20.2 Å². The van der Waals surface area contributed by atoms with Crippen molar-refractivity contribution < 1.29 is 13.5 Å². The predicted octanol–water partition coefficient (Wildman–Crippen LogP) is 5.30. The first kappa shape index (κ1) is 27.7. The number of hydrogen-bond donors (Lipinski definition) is 2. The van der Waals surface area contributed by atoms with E-state index in [1.54, 1.807) is 6.07 Å². The molecule has 0 amide bonds. The summed E-state index contributed by atoms with van der Waals surface area (Å²) < 4.78 is 37.7. The van der Waals surface area contributed by atoms with Gasteiger partial charge in [-0.15, -0.1) is 11.3 Å². The highest BCUT2D eigenvalue weighted by Gasteiger charge is 2.49. The van der Waals surface area contributed by atoms with Crippen molar-refractivity contribution in [2.45, 2.75) is 81.1 Å². The van der Waals surface area contributed by atoms with E-state index < -0.39 is 17.9 Å². The molecule has 6 heterocycles. The largest absolute Gasteiger partial charge is 0.461 e. The number of nitrogens with one attached hydrogen (secondary N) is 1. The number of piperazine rings is 1. The Morgan fingerprint density at radius 2 is 2.00 bits per heavy atom. The second-order valence-electron chi connectivity index (χ2n) is 13.0. The molecule has 3 unspecified atom stereocenters. The Morgan fingerprint density at radius 1 is 1.19 bits per heavy atom. The molecule has 0 radical (unpaired) electrons. The van der Waals surface area contributed by atoms with Crippen LogP contribution in [0.3, 0.4) is 0 Å². The smallest absolute Gasteiger partial charge is 0.319 e. The highest BCUT2D eigenvalue weighted by Crippen LogP contribution is 2.49. The van der Waals surface area contributed by atoms with E-state index in [4.69, 9.17) is 27.1 Å². The maximum Gasteiger partial charge on any atom is 0.319 e. The summed E-state index contributed by atoms with van der Waals surface area (Å²) in [5, 5.41) is 14.9. The number of aromatic nitrogens is 2. The van der Waals surface area contributed by atoms with E-state index in [9.17, 15) is 9.65 Å². The highest BCUT2D eigenvalue weighted by molar-refractivity contribution is 7.16. The predicted molar refractivity (Wildman–Crippen MR) is 163 cm³/mol. The molecule has 5 atom stereocenters. The third kappa shape index (κ3) is 4.47. The average molecular weight is 626 g/mol. The first-order valence-corrected chi connectivity index (χ1v) is 16.6. The van der Waals surface area contributed by atoms with Gasteiger partial charge in [0.2, 0.25) is 0 Å². The summed E-state index contributed by atoms with van der Waals surface area (Å²) >= 11 is 8.35. The zero-order valence-corrected chi connectivity index (χ0v) is 25.4. The van der Waals surface area contributed by atoms with Crippen molar-refractivity contribution in [2.75, 3.05) is 43.4 Å². The standard InChI is InChI=1S/C31H34ClF2N7OS/c32-22-9-20-27(26(34)25(22)19-3-1-4-23-24(19)21(11-35)28(36)43-23)38-30(39-29(20)40-13-17-5-6-18(14-40)37-17)42-15-31-7-2-8-41(31)12-16(33)10-31/h9,16-19,37H,1-8,10,12-15,36H2/t16-,17?,18?,19?,31+/m1/s1. The third-order valence-corrected chi connectivity index (χ3v) is 11.8. The SMILES string of the molecule is N#Cc1c(N)sc2c1C(c1c(Cl)cc3c(N4CC5CCC(C4)N5)nc(OC[C@@]45CCCN4C[C@H](F)C5)nc3c1F)CCC2. The fraction of sp³-hybridized carbons (Fsp3) is 0.581. The van der Waals surface area contributed by atoms with Gasteiger partial charge in [0.05, 0.1) is 11.1 Å². The molecule has 0 spiro atoms. The van der Waals surface area contributed by atoms with Gasteiger partial charge < -0.3 is 20.7 Å². The zero-order chi connectivity index (χ0) is 29.5. The maximum absolute atomic E-state index is 16.9. The molecule has 1 aliphatic carbocycles. The lowest BCUT2D eigenvalue weighted by Gasteiger charge is -2.35. The summed E-state index contributed by atoms with van der Waals surface area (Å²) in [6.45, 7) is 3.04. The quantitative estimate of drug-likeness (QED) is 0.394. The zero-order valence-electron chi connectivity index (χ0n) is 23.8. The van der Waals surface area contributed by atoms with Crippen LogP contribution >= 0.6 is 22.9 Å². The molecular formula is C31H34ClF2N7OS. The van der Waals surface area contributed by atoms with Crippen LogP contribution < -0.4 is 20.7 Å². The Balaban J connectivity index is 1.24. The van der Waals surface area contributed by atoms with Crippen molar-refractivity contribution in [3.8, 4) is 12.1 Å². The number of thiophene rings is 1. The van der Waals surface area contributed by atoms with Gasteiger partial charge in [-0.2, -0.15) is 15.2 Å². The number of ether oxygens (including phenoxy) is 1. The van der Waals surface area contributed by atoms with Crippen LogP contribution in [0, 0.1) is 17.1 Å². The van der Waals surface area contributed by atoms with Crippen LogP contribution in [0.4, 0.5) is 19.6 Å². The van der Waals surface area contributed by atoms with Gasteiger partial charge >= 0.3 is 6.01 Å². The molecule has 3 N–H and O–H groups in total. The van der Waals surface area contributed by atoms with Crippen molar-refractivity contribution in [1.29, 1.82) is 5.26 Å². The Labute approximate surface area is 258 Å². The summed E-state index contributed by atoms with van der Waals surface area (Å²) in [6.07, 6.45) is 5.90. The fourth-order valence-electron chi connectivity index (χ4n) is 8.50. The number of halogens is 3. The molecule has 5 aliphatic rings. The minimum Gasteiger partial charge on any atom is -0.461 e. The van der Waals surface area contributed by atoms with Gasteiger partial charge in [-0.25, -0.2) is 8.78 Å². The third-order valence-electron chi connectivity index (χ3n) is 10.4. The second-order valence-corrected chi connectivity index (χ2v) is 14.5. The molecule has 43 heavy (non-hydrogen) atoms. The van der Waals surface area contributed by atoms with Gasteiger partial charge in [0.15, 0.2) is 5.82 Å². The van der Waals surface area contributed by atoms with E-state index in [0.29, 0.717) is 63.8 Å². The van der Waals surface area contributed by atoms with E-state index in [2.05, 4.69) is 26.2 Å². The molecule has 12 heteroatoms. The normalized spacial score (nSPS) is 30.0. The summed E-state index contributed by atoms with van der Waals surface area (Å²) in [5.74, 6) is -0.290. The maximum atomic E-state index is 16.9. The minimum atomic E-state index is -0.875. The lowest BCUT2D eigenvalue weighted by atomic mass is 9.80. The van der Waals surface area contributed by atoms with E-state index in [1.807, 2.05) is 0 Å². The van der Waals surface area contributed by atoms with E-state index in [0.717, 1.165) is 68.6 Å². The molecule has 3 aromatic rings. The summed E-state index contributed by atoms with van der Waals surface area (Å²) in [6, 6.07) is 4.82. The summed E-state index contributed by atoms with van der Waals surface area (Å²) in [4.78, 5) is 14.9. The van der Waals surface area contributed by atoms with E-state index in [1.165, 1.54) is 11.3 Å². The van der Waals surface area contributed by atoms with Crippen molar-refractivity contribution in [3.05, 3.63) is 38.5 Å². The van der Waals surface area contributed by atoms with Crippen LogP contribution in [0.1, 0.15) is 72.4 Å². The van der Waals surface area contributed by atoms with Crippen LogP contribution in [0.5, 0.6) is 6.01 Å². The molecule has 8 rings (SSSR count). The number of nitrogens with two attached hydrogens (primary N) is 1. The number of nitrogen functional groups attached to an aromatic ring is 1. The fourth-order valence-corrected chi connectivity index (χ4v) is 9.94.